The van der Waals surface area contributed by atoms with Crippen LogP contribution < -0.4 is 25.4 Å². The molecule has 7 heteroatoms. The third-order valence-electron chi connectivity index (χ3n) is 4.73. The molecule has 1 aliphatic carbocycles. The Bertz CT molecular complexity index is 644. The number of benzene rings is 1. The van der Waals surface area contributed by atoms with E-state index < -0.39 is 0 Å². The molecule has 0 spiro atoms. The summed E-state index contributed by atoms with van der Waals surface area (Å²) in [5, 5.41) is 9.52. The minimum atomic E-state index is -0.124. The first kappa shape index (κ1) is 19.3. The second-order valence-corrected chi connectivity index (χ2v) is 6.94. The van der Waals surface area contributed by atoms with Crippen molar-refractivity contribution in [2.75, 3.05) is 26.2 Å². The number of carbonyl (C=O) groups is 1. The number of rotatable bonds is 7. The standard InChI is InChI=1S/C20H30N4O3/c1-2-21-20(22-12-11-19(25)24-15-7-3-4-8-15)23-13-16-14-26-17-9-5-6-10-18(17)27-16/h5-6,9-10,15-16H,2-4,7-8,11-14H2,1H3,(H,24,25)(H2,21,22,23). The molecule has 27 heavy (non-hydrogen) atoms. The van der Waals surface area contributed by atoms with Crippen molar-refractivity contribution in [1.29, 1.82) is 0 Å². The van der Waals surface area contributed by atoms with E-state index in [-0.39, 0.29) is 12.0 Å². The van der Waals surface area contributed by atoms with E-state index in [2.05, 4.69) is 20.9 Å². The molecule has 7 nitrogen and oxygen atoms in total. The predicted molar refractivity (Wildman–Crippen MR) is 105 cm³/mol. The van der Waals surface area contributed by atoms with Crippen LogP contribution >= 0.6 is 0 Å². The van der Waals surface area contributed by atoms with Crippen LogP contribution in [0.15, 0.2) is 29.3 Å². The normalized spacial score (nSPS) is 19.6. The lowest BCUT2D eigenvalue weighted by Gasteiger charge is -2.25. The summed E-state index contributed by atoms with van der Waals surface area (Å²) in [5.41, 5.74) is 0. The van der Waals surface area contributed by atoms with Gasteiger partial charge in [-0.25, -0.2) is 4.99 Å². The van der Waals surface area contributed by atoms with Crippen LogP contribution in [0.5, 0.6) is 11.5 Å². The minimum absolute atomic E-state index is 0.103. The van der Waals surface area contributed by atoms with Gasteiger partial charge >= 0.3 is 0 Å². The number of ether oxygens (including phenoxy) is 2. The van der Waals surface area contributed by atoms with Crippen molar-refractivity contribution in [2.24, 2.45) is 4.99 Å². The van der Waals surface area contributed by atoms with Gasteiger partial charge in [-0.2, -0.15) is 0 Å². The zero-order valence-corrected chi connectivity index (χ0v) is 16.0. The molecule has 1 aromatic carbocycles. The molecule has 1 unspecified atom stereocenters. The number of carbonyl (C=O) groups excluding carboxylic acids is 1. The predicted octanol–water partition coefficient (Wildman–Crippen LogP) is 1.83. The summed E-state index contributed by atoms with van der Waals surface area (Å²) >= 11 is 0. The summed E-state index contributed by atoms with van der Waals surface area (Å²) in [6.07, 6.45) is 4.97. The van der Waals surface area contributed by atoms with Gasteiger partial charge in [0.2, 0.25) is 5.91 Å². The number of amides is 1. The second kappa shape index (κ2) is 10.0. The largest absolute Gasteiger partial charge is 0.486 e. The van der Waals surface area contributed by atoms with E-state index in [0.717, 1.165) is 30.9 Å². The van der Waals surface area contributed by atoms with E-state index in [1.165, 1.54) is 12.8 Å². The fraction of sp³-hybridized carbons (Fsp3) is 0.600. The van der Waals surface area contributed by atoms with Crippen molar-refractivity contribution in [2.45, 2.75) is 51.2 Å². The molecule has 3 rings (SSSR count). The van der Waals surface area contributed by atoms with Gasteiger partial charge in [-0.1, -0.05) is 25.0 Å². The molecule has 1 aromatic rings. The quantitative estimate of drug-likeness (QED) is 0.501. The van der Waals surface area contributed by atoms with E-state index >= 15 is 0 Å². The molecule has 2 aliphatic rings. The fourth-order valence-electron chi connectivity index (χ4n) is 3.35. The average molecular weight is 374 g/mol. The molecule has 0 aromatic heterocycles. The smallest absolute Gasteiger partial charge is 0.221 e. The summed E-state index contributed by atoms with van der Waals surface area (Å²) in [6.45, 7) is 4.28. The first-order valence-electron chi connectivity index (χ1n) is 9.94. The average Bonchev–Trinajstić information content (AvgIpc) is 3.19. The highest BCUT2D eigenvalue weighted by Crippen LogP contribution is 2.30. The maximum atomic E-state index is 12.0. The molecule has 1 amide bonds. The molecular formula is C20H30N4O3. The lowest BCUT2D eigenvalue weighted by Crippen LogP contribution is -2.41. The van der Waals surface area contributed by atoms with Gasteiger partial charge in [0.15, 0.2) is 23.6 Å². The summed E-state index contributed by atoms with van der Waals surface area (Å²) in [6, 6.07) is 8.02. The van der Waals surface area contributed by atoms with Crippen molar-refractivity contribution in [3.63, 3.8) is 0 Å². The van der Waals surface area contributed by atoms with Crippen molar-refractivity contribution >= 4 is 11.9 Å². The maximum Gasteiger partial charge on any atom is 0.221 e. The number of nitrogens with one attached hydrogen (secondary N) is 3. The molecule has 3 N–H and O–H groups in total. The van der Waals surface area contributed by atoms with Crippen LogP contribution in [0.2, 0.25) is 0 Å². The Morgan fingerprint density at radius 1 is 1.19 bits per heavy atom. The van der Waals surface area contributed by atoms with Crippen LogP contribution in [0.25, 0.3) is 0 Å². The van der Waals surface area contributed by atoms with E-state index in [9.17, 15) is 4.79 Å². The Morgan fingerprint density at radius 3 is 2.74 bits per heavy atom. The molecule has 0 bridgehead atoms. The molecule has 1 saturated carbocycles. The third-order valence-corrected chi connectivity index (χ3v) is 4.73. The number of fused-ring (bicyclic) bond motifs is 1. The summed E-state index contributed by atoms with van der Waals surface area (Å²) in [5.74, 6) is 2.32. The SMILES string of the molecule is CCNC(=NCC1COc2ccccc2O1)NCCC(=O)NC1CCCC1. The Balaban J connectivity index is 1.42. The molecule has 1 aliphatic heterocycles. The zero-order chi connectivity index (χ0) is 18.9. The Hall–Kier alpha value is -2.44. The van der Waals surface area contributed by atoms with Gasteiger partial charge in [-0.3, -0.25) is 4.79 Å². The lowest BCUT2D eigenvalue weighted by molar-refractivity contribution is -0.121. The van der Waals surface area contributed by atoms with Gasteiger partial charge in [0.05, 0.1) is 6.54 Å². The Morgan fingerprint density at radius 2 is 1.96 bits per heavy atom. The van der Waals surface area contributed by atoms with Crippen LogP contribution in [0.4, 0.5) is 0 Å². The Labute approximate surface area is 160 Å². The van der Waals surface area contributed by atoms with Gasteiger partial charge in [0, 0.05) is 25.6 Å². The van der Waals surface area contributed by atoms with E-state index in [1.54, 1.807) is 0 Å². The number of aliphatic imine (C=N–C) groups is 1. The monoisotopic (exact) mass is 374 g/mol. The van der Waals surface area contributed by atoms with Gasteiger partial charge in [0.1, 0.15) is 6.61 Å². The highest BCUT2D eigenvalue weighted by atomic mass is 16.6. The van der Waals surface area contributed by atoms with Gasteiger partial charge in [-0.05, 0) is 31.9 Å². The molecule has 1 heterocycles. The van der Waals surface area contributed by atoms with Gasteiger partial charge in [0.25, 0.3) is 0 Å². The number of hydrogen-bond donors (Lipinski definition) is 3. The first-order valence-corrected chi connectivity index (χ1v) is 9.94. The highest BCUT2D eigenvalue weighted by Gasteiger charge is 2.20. The van der Waals surface area contributed by atoms with Crippen LogP contribution in [0.3, 0.4) is 0 Å². The fourth-order valence-corrected chi connectivity index (χ4v) is 3.35. The van der Waals surface area contributed by atoms with Crippen LogP contribution in [0, 0.1) is 0 Å². The molecule has 0 radical (unpaired) electrons. The van der Waals surface area contributed by atoms with Gasteiger partial charge < -0.3 is 25.4 Å². The third kappa shape index (κ3) is 6.05. The lowest BCUT2D eigenvalue weighted by atomic mass is 10.2. The van der Waals surface area contributed by atoms with Crippen molar-refractivity contribution < 1.29 is 14.3 Å². The summed E-state index contributed by atoms with van der Waals surface area (Å²) < 4.78 is 11.6. The summed E-state index contributed by atoms with van der Waals surface area (Å²) in [4.78, 5) is 16.6. The molecule has 0 saturated heterocycles. The number of para-hydroxylation sites is 2. The van der Waals surface area contributed by atoms with Crippen molar-refractivity contribution in [3.05, 3.63) is 24.3 Å². The number of nitrogens with zero attached hydrogens (tertiary/aromatic N) is 1. The van der Waals surface area contributed by atoms with Crippen LogP contribution in [-0.2, 0) is 4.79 Å². The number of guanidine groups is 1. The van der Waals surface area contributed by atoms with Crippen molar-refractivity contribution in [1.82, 2.24) is 16.0 Å². The molecule has 1 atom stereocenters. The first-order chi connectivity index (χ1) is 13.2. The Kier molecular flexibility index (Phi) is 7.19. The molecular weight excluding hydrogens is 344 g/mol. The van der Waals surface area contributed by atoms with Gasteiger partial charge in [-0.15, -0.1) is 0 Å². The topological polar surface area (TPSA) is 84.0 Å². The maximum absolute atomic E-state index is 12.0. The number of hydrogen-bond acceptors (Lipinski definition) is 4. The summed E-state index contributed by atoms with van der Waals surface area (Å²) in [7, 11) is 0. The van der Waals surface area contributed by atoms with E-state index in [4.69, 9.17) is 9.47 Å². The minimum Gasteiger partial charge on any atom is -0.486 e. The molecule has 1 fully saturated rings. The zero-order valence-electron chi connectivity index (χ0n) is 16.0. The molecule has 148 valence electrons. The second-order valence-electron chi connectivity index (χ2n) is 6.94. The highest BCUT2D eigenvalue weighted by molar-refractivity contribution is 5.81. The van der Waals surface area contributed by atoms with Crippen molar-refractivity contribution in [3.8, 4) is 11.5 Å². The van der Waals surface area contributed by atoms with Crippen LogP contribution in [-0.4, -0.2) is 50.3 Å². The van der Waals surface area contributed by atoms with E-state index in [1.807, 2.05) is 31.2 Å². The van der Waals surface area contributed by atoms with E-state index in [0.29, 0.717) is 38.1 Å². The van der Waals surface area contributed by atoms with Crippen LogP contribution in [0.1, 0.15) is 39.0 Å².